The molecule has 0 unspecified atom stereocenters. The van der Waals surface area contributed by atoms with E-state index in [2.05, 4.69) is 32.9 Å². The minimum absolute atomic E-state index is 0.0148. The summed E-state index contributed by atoms with van der Waals surface area (Å²) in [5, 5.41) is 1.00. The van der Waals surface area contributed by atoms with Gasteiger partial charge in [0, 0.05) is 18.2 Å². The van der Waals surface area contributed by atoms with Crippen LogP contribution in [-0.4, -0.2) is 5.78 Å². The lowest BCUT2D eigenvalue weighted by Crippen LogP contribution is -2.25. The number of furan rings is 1. The number of aryl methyl sites for hydroxylation is 2. The summed E-state index contributed by atoms with van der Waals surface area (Å²) in [6, 6.07) is 4.17. The number of rotatable bonds is 0. The molecule has 1 heterocycles. The molecule has 0 saturated heterocycles. The third-order valence-electron chi connectivity index (χ3n) is 3.75. The van der Waals surface area contributed by atoms with Gasteiger partial charge in [-0.15, -0.1) is 0 Å². The van der Waals surface area contributed by atoms with Crippen molar-refractivity contribution in [2.45, 2.75) is 40.5 Å². The zero-order valence-corrected chi connectivity index (χ0v) is 11.4. The fraction of sp³-hybridized carbons (Fsp3) is 0.438. The van der Waals surface area contributed by atoms with Gasteiger partial charge in [-0.1, -0.05) is 19.9 Å². The van der Waals surface area contributed by atoms with Gasteiger partial charge >= 0.3 is 0 Å². The van der Waals surface area contributed by atoms with Crippen molar-refractivity contribution < 1.29 is 9.21 Å². The summed E-state index contributed by atoms with van der Waals surface area (Å²) in [6.07, 6.45) is 1.46. The first-order valence-electron chi connectivity index (χ1n) is 6.43. The summed E-state index contributed by atoms with van der Waals surface area (Å²) < 4.78 is 5.96. The molecule has 1 aromatic carbocycles. The van der Waals surface area contributed by atoms with Crippen molar-refractivity contribution in [3.05, 3.63) is 34.6 Å². The van der Waals surface area contributed by atoms with Gasteiger partial charge in [-0.25, -0.2) is 0 Å². The Labute approximate surface area is 107 Å². The standard InChI is InChI=1S/C16H18O2/c1-9-5-10(2)15-11(6-9)14-12(17)7-16(3,4)8-13(14)18-15/h5-6H,7-8H2,1-4H3. The third-order valence-corrected chi connectivity index (χ3v) is 3.75. The van der Waals surface area contributed by atoms with E-state index in [1.54, 1.807) is 0 Å². The lowest BCUT2D eigenvalue weighted by atomic mass is 9.76. The van der Waals surface area contributed by atoms with Gasteiger partial charge < -0.3 is 4.42 Å². The molecule has 0 N–H and O–H groups in total. The molecule has 0 fully saturated rings. The van der Waals surface area contributed by atoms with Crippen molar-refractivity contribution in [2.75, 3.05) is 0 Å². The highest BCUT2D eigenvalue weighted by Gasteiger charge is 2.35. The predicted octanol–water partition coefficient (Wildman–Crippen LogP) is 4.20. The van der Waals surface area contributed by atoms with Crippen LogP contribution in [-0.2, 0) is 6.42 Å². The van der Waals surface area contributed by atoms with Gasteiger partial charge in [0.25, 0.3) is 0 Å². The first-order valence-corrected chi connectivity index (χ1v) is 6.43. The van der Waals surface area contributed by atoms with E-state index < -0.39 is 0 Å². The Bertz CT molecular complexity index is 659. The molecule has 0 aliphatic heterocycles. The maximum atomic E-state index is 12.3. The highest BCUT2D eigenvalue weighted by atomic mass is 16.3. The molecule has 1 aromatic heterocycles. The van der Waals surface area contributed by atoms with Gasteiger partial charge in [-0.3, -0.25) is 4.79 Å². The van der Waals surface area contributed by atoms with Crippen molar-refractivity contribution >= 4 is 16.8 Å². The SMILES string of the molecule is Cc1cc(C)c2oc3c(c2c1)C(=O)CC(C)(C)C3. The van der Waals surface area contributed by atoms with E-state index in [1.807, 2.05) is 6.92 Å². The zero-order chi connectivity index (χ0) is 13.1. The average Bonchev–Trinajstić information content (AvgIpc) is 2.54. The molecule has 1 aliphatic carbocycles. The van der Waals surface area contributed by atoms with Crippen LogP contribution in [0.15, 0.2) is 16.5 Å². The van der Waals surface area contributed by atoms with Crippen LogP contribution in [0.4, 0.5) is 0 Å². The zero-order valence-electron chi connectivity index (χ0n) is 11.4. The fourth-order valence-corrected chi connectivity index (χ4v) is 3.05. The smallest absolute Gasteiger partial charge is 0.167 e. The van der Waals surface area contributed by atoms with Crippen molar-refractivity contribution in [1.29, 1.82) is 0 Å². The minimum Gasteiger partial charge on any atom is -0.460 e. The predicted molar refractivity (Wildman–Crippen MR) is 72.1 cm³/mol. The summed E-state index contributed by atoms with van der Waals surface area (Å²) in [5.74, 6) is 1.10. The molecule has 0 atom stereocenters. The van der Waals surface area contributed by atoms with E-state index in [-0.39, 0.29) is 11.2 Å². The van der Waals surface area contributed by atoms with E-state index >= 15 is 0 Å². The molecule has 1 aliphatic rings. The minimum atomic E-state index is 0.0148. The van der Waals surface area contributed by atoms with Gasteiger partial charge in [0.2, 0.25) is 0 Å². The highest BCUT2D eigenvalue weighted by Crippen LogP contribution is 2.40. The normalized spacial score (nSPS) is 18.1. The van der Waals surface area contributed by atoms with Crippen LogP contribution in [0, 0.1) is 19.3 Å². The fourth-order valence-electron chi connectivity index (χ4n) is 3.05. The summed E-state index contributed by atoms with van der Waals surface area (Å²) in [6.45, 7) is 8.35. The summed E-state index contributed by atoms with van der Waals surface area (Å²) >= 11 is 0. The lowest BCUT2D eigenvalue weighted by molar-refractivity contribution is 0.0906. The van der Waals surface area contributed by atoms with Crippen molar-refractivity contribution in [1.82, 2.24) is 0 Å². The van der Waals surface area contributed by atoms with Crippen LogP contribution in [0.5, 0.6) is 0 Å². The second-order valence-electron chi connectivity index (χ2n) is 6.30. The molecule has 0 radical (unpaired) electrons. The molecule has 2 aromatic rings. The second-order valence-corrected chi connectivity index (χ2v) is 6.30. The molecule has 2 heteroatoms. The maximum absolute atomic E-state index is 12.3. The van der Waals surface area contributed by atoms with Crippen LogP contribution in [0.3, 0.4) is 0 Å². The molecule has 0 amide bonds. The van der Waals surface area contributed by atoms with Crippen LogP contribution in [0.25, 0.3) is 11.0 Å². The van der Waals surface area contributed by atoms with Crippen LogP contribution < -0.4 is 0 Å². The van der Waals surface area contributed by atoms with Crippen molar-refractivity contribution in [2.24, 2.45) is 5.41 Å². The molecule has 0 bridgehead atoms. The van der Waals surface area contributed by atoms with Gasteiger partial charge in [0.1, 0.15) is 11.3 Å². The Balaban J connectivity index is 2.34. The molecular formula is C16H18O2. The molecule has 94 valence electrons. The van der Waals surface area contributed by atoms with Crippen LogP contribution in [0.1, 0.15) is 47.5 Å². The average molecular weight is 242 g/mol. The first kappa shape index (κ1) is 11.5. The number of carbonyl (C=O) groups is 1. The number of fused-ring (bicyclic) bond motifs is 3. The topological polar surface area (TPSA) is 30.2 Å². The Kier molecular flexibility index (Phi) is 2.22. The van der Waals surface area contributed by atoms with Gasteiger partial charge in [0.15, 0.2) is 5.78 Å². The quantitative estimate of drug-likeness (QED) is 0.693. The number of hydrogen-bond donors (Lipinski definition) is 0. The molecule has 0 saturated carbocycles. The Morgan fingerprint density at radius 1 is 1.17 bits per heavy atom. The summed E-state index contributed by atoms with van der Waals surface area (Å²) in [7, 11) is 0. The van der Waals surface area contributed by atoms with Gasteiger partial charge in [0.05, 0.1) is 5.56 Å². The van der Waals surface area contributed by atoms with Gasteiger partial charge in [-0.05, 0) is 36.5 Å². The van der Waals surface area contributed by atoms with E-state index in [0.29, 0.717) is 6.42 Å². The van der Waals surface area contributed by atoms with Crippen LogP contribution in [0.2, 0.25) is 0 Å². The largest absolute Gasteiger partial charge is 0.460 e. The van der Waals surface area contributed by atoms with E-state index in [0.717, 1.165) is 34.3 Å². The Morgan fingerprint density at radius 2 is 1.89 bits per heavy atom. The summed E-state index contributed by atoms with van der Waals surface area (Å²) in [4.78, 5) is 12.3. The number of benzene rings is 1. The number of hydrogen-bond acceptors (Lipinski definition) is 2. The molecular weight excluding hydrogens is 224 g/mol. The van der Waals surface area contributed by atoms with Gasteiger partial charge in [-0.2, -0.15) is 0 Å². The number of Topliss-reactive ketones (excluding diaryl/α,β-unsaturated/α-hetero) is 1. The maximum Gasteiger partial charge on any atom is 0.167 e. The van der Waals surface area contributed by atoms with Crippen molar-refractivity contribution in [3.63, 3.8) is 0 Å². The van der Waals surface area contributed by atoms with E-state index in [1.165, 1.54) is 5.56 Å². The van der Waals surface area contributed by atoms with E-state index in [4.69, 9.17) is 4.42 Å². The molecule has 2 nitrogen and oxygen atoms in total. The Hall–Kier alpha value is -1.57. The highest BCUT2D eigenvalue weighted by molar-refractivity contribution is 6.10. The third kappa shape index (κ3) is 1.59. The molecule has 18 heavy (non-hydrogen) atoms. The lowest BCUT2D eigenvalue weighted by Gasteiger charge is -2.27. The van der Waals surface area contributed by atoms with Crippen LogP contribution >= 0.6 is 0 Å². The monoisotopic (exact) mass is 242 g/mol. The van der Waals surface area contributed by atoms with Crippen molar-refractivity contribution in [3.8, 4) is 0 Å². The number of ketones is 1. The second kappa shape index (κ2) is 3.47. The number of carbonyl (C=O) groups excluding carboxylic acids is 1. The van der Waals surface area contributed by atoms with E-state index in [9.17, 15) is 4.79 Å². The Morgan fingerprint density at radius 3 is 2.61 bits per heavy atom. The molecule has 3 rings (SSSR count). The molecule has 0 spiro atoms. The summed E-state index contributed by atoms with van der Waals surface area (Å²) in [5.41, 5.74) is 4.03. The first-order chi connectivity index (χ1) is 8.37.